The third-order valence-corrected chi connectivity index (χ3v) is 7.34. The van der Waals surface area contributed by atoms with E-state index in [9.17, 15) is 13.2 Å². The van der Waals surface area contributed by atoms with Crippen molar-refractivity contribution in [3.05, 3.63) is 59.1 Å². The van der Waals surface area contributed by atoms with Gasteiger partial charge in [0.1, 0.15) is 5.75 Å². The van der Waals surface area contributed by atoms with Crippen LogP contribution >= 0.6 is 11.6 Å². The standard InChI is InChI=1S/C20H21ClN2O4S/c1-27-19-8-7-15(9-16(19)21)23-18-13-28(25,26)12-17(18)22(11-20(23)24)10-14-5-3-2-4-6-14/h2-9,17-18H,10-13H2,1H3/t17-,18+/m1/s1. The van der Waals surface area contributed by atoms with Gasteiger partial charge in [-0.05, 0) is 23.8 Å². The minimum absolute atomic E-state index is 0.0433. The van der Waals surface area contributed by atoms with E-state index in [0.717, 1.165) is 5.56 Å². The van der Waals surface area contributed by atoms with Crippen LogP contribution in [0, 0.1) is 0 Å². The number of rotatable bonds is 4. The summed E-state index contributed by atoms with van der Waals surface area (Å²) in [6.45, 7) is 0.704. The van der Waals surface area contributed by atoms with E-state index in [1.807, 2.05) is 35.2 Å². The Hall–Kier alpha value is -2.09. The van der Waals surface area contributed by atoms with Crippen LogP contribution in [-0.2, 0) is 21.2 Å². The van der Waals surface area contributed by atoms with Crippen LogP contribution in [0.1, 0.15) is 5.56 Å². The monoisotopic (exact) mass is 420 g/mol. The molecule has 2 fully saturated rings. The summed E-state index contributed by atoms with van der Waals surface area (Å²) in [6, 6.07) is 14.2. The number of carbonyl (C=O) groups is 1. The van der Waals surface area contributed by atoms with E-state index in [1.165, 1.54) is 7.11 Å². The fourth-order valence-electron chi connectivity index (χ4n) is 4.09. The molecular formula is C20H21ClN2O4S. The molecule has 0 aromatic heterocycles. The molecule has 148 valence electrons. The fraction of sp³-hybridized carbons (Fsp3) is 0.350. The molecule has 0 spiro atoms. The minimum Gasteiger partial charge on any atom is -0.495 e. The number of carbonyl (C=O) groups excluding carboxylic acids is 1. The van der Waals surface area contributed by atoms with Crippen LogP contribution in [0.25, 0.3) is 0 Å². The maximum absolute atomic E-state index is 13.0. The molecule has 2 aliphatic heterocycles. The first-order valence-electron chi connectivity index (χ1n) is 9.02. The number of halogens is 1. The normalized spacial score (nSPS) is 24.2. The van der Waals surface area contributed by atoms with Crippen LogP contribution in [-0.4, -0.2) is 56.5 Å². The van der Waals surface area contributed by atoms with Crippen molar-refractivity contribution in [1.82, 2.24) is 4.90 Å². The lowest BCUT2D eigenvalue weighted by Gasteiger charge is -2.43. The second-order valence-corrected chi connectivity index (χ2v) is 9.75. The Morgan fingerprint density at radius 1 is 1.11 bits per heavy atom. The molecule has 2 atom stereocenters. The van der Waals surface area contributed by atoms with Crippen LogP contribution in [0.3, 0.4) is 0 Å². The van der Waals surface area contributed by atoms with Gasteiger partial charge in [-0.25, -0.2) is 8.42 Å². The number of hydrogen-bond acceptors (Lipinski definition) is 5. The number of piperazine rings is 1. The van der Waals surface area contributed by atoms with Gasteiger partial charge < -0.3 is 9.64 Å². The zero-order valence-corrected chi connectivity index (χ0v) is 17.0. The van der Waals surface area contributed by atoms with Crippen molar-refractivity contribution in [2.75, 3.05) is 30.1 Å². The lowest BCUT2D eigenvalue weighted by Crippen LogP contribution is -2.61. The highest BCUT2D eigenvalue weighted by Crippen LogP contribution is 2.35. The van der Waals surface area contributed by atoms with E-state index in [4.69, 9.17) is 16.3 Å². The molecule has 0 radical (unpaired) electrons. The lowest BCUT2D eigenvalue weighted by molar-refractivity contribution is -0.123. The van der Waals surface area contributed by atoms with Gasteiger partial charge in [0.2, 0.25) is 5.91 Å². The zero-order chi connectivity index (χ0) is 19.9. The number of ether oxygens (including phenoxy) is 1. The Labute approximate surface area is 169 Å². The number of hydrogen-bond donors (Lipinski definition) is 0. The Bertz CT molecular complexity index is 997. The number of sulfone groups is 1. The molecule has 8 heteroatoms. The SMILES string of the molecule is COc1ccc(N2C(=O)CN(Cc3ccccc3)[C@@H]3CS(=O)(=O)C[C@@H]32)cc1Cl. The van der Waals surface area contributed by atoms with Crippen molar-refractivity contribution in [2.45, 2.75) is 18.6 Å². The van der Waals surface area contributed by atoms with Gasteiger partial charge in [-0.15, -0.1) is 0 Å². The summed E-state index contributed by atoms with van der Waals surface area (Å²) in [5.41, 5.74) is 1.65. The third-order valence-electron chi connectivity index (χ3n) is 5.34. The van der Waals surface area contributed by atoms with Crippen molar-refractivity contribution >= 4 is 33.0 Å². The highest BCUT2D eigenvalue weighted by molar-refractivity contribution is 7.91. The molecular weight excluding hydrogens is 400 g/mol. The molecule has 2 heterocycles. The number of benzene rings is 2. The van der Waals surface area contributed by atoms with Gasteiger partial charge in [0.25, 0.3) is 0 Å². The van der Waals surface area contributed by atoms with E-state index in [1.54, 1.807) is 23.1 Å². The van der Waals surface area contributed by atoms with Crippen LogP contribution in [0.2, 0.25) is 5.02 Å². The summed E-state index contributed by atoms with van der Waals surface area (Å²) in [4.78, 5) is 16.6. The van der Waals surface area contributed by atoms with Gasteiger partial charge in [-0.2, -0.15) is 0 Å². The summed E-state index contributed by atoms with van der Waals surface area (Å²) < 4.78 is 30.0. The van der Waals surface area contributed by atoms with E-state index >= 15 is 0 Å². The maximum atomic E-state index is 13.0. The average molecular weight is 421 g/mol. The minimum atomic E-state index is -3.23. The molecule has 2 aromatic carbocycles. The number of methoxy groups -OCH3 is 1. The van der Waals surface area contributed by atoms with Crippen LogP contribution in [0.4, 0.5) is 5.69 Å². The van der Waals surface area contributed by atoms with E-state index in [0.29, 0.717) is 23.0 Å². The molecule has 2 aromatic rings. The Kier molecular flexibility index (Phi) is 5.07. The quantitative estimate of drug-likeness (QED) is 0.759. The number of amides is 1. The Morgan fingerprint density at radius 2 is 1.82 bits per heavy atom. The van der Waals surface area contributed by atoms with Crippen molar-refractivity contribution in [3.8, 4) is 5.75 Å². The van der Waals surface area contributed by atoms with Gasteiger partial charge in [-0.3, -0.25) is 9.69 Å². The molecule has 4 rings (SSSR count). The van der Waals surface area contributed by atoms with E-state index in [-0.39, 0.29) is 30.0 Å². The Balaban J connectivity index is 1.67. The van der Waals surface area contributed by atoms with Gasteiger partial charge in [0, 0.05) is 18.3 Å². The topological polar surface area (TPSA) is 66.9 Å². The van der Waals surface area contributed by atoms with Gasteiger partial charge in [-0.1, -0.05) is 41.9 Å². The zero-order valence-electron chi connectivity index (χ0n) is 15.4. The first kappa shape index (κ1) is 19.2. The van der Waals surface area contributed by atoms with Crippen molar-refractivity contribution in [3.63, 3.8) is 0 Å². The summed E-state index contributed by atoms with van der Waals surface area (Å²) in [5, 5.41) is 0.386. The molecule has 6 nitrogen and oxygen atoms in total. The third kappa shape index (κ3) is 3.62. The van der Waals surface area contributed by atoms with E-state index in [2.05, 4.69) is 0 Å². The van der Waals surface area contributed by atoms with Crippen LogP contribution in [0.5, 0.6) is 5.75 Å². The second-order valence-electron chi connectivity index (χ2n) is 7.18. The van der Waals surface area contributed by atoms with Crippen LogP contribution < -0.4 is 9.64 Å². The first-order chi connectivity index (χ1) is 13.4. The maximum Gasteiger partial charge on any atom is 0.241 e. The molecule has 1 amide bonds. The fourth-order valence-corrected chi connectivity index (χ4v) is 6.32. The smallest absolute Gasteiger partial charge is 0.241 e. The first-order valence-corrected chi connectivity index (χ1v) is 11.2. The van der Waals surface area contributed by atoms with Gasteiger partial charge in [0.15, 0.2) is 9.84 Å². The molecule has 2 aliphatic rings. The molecule has 0 saturated carbocycles. The van der Waals surface area contributed by atoms with Gasteiger partial charge >= 0.3 is 0 Å². The number of anilines is 1. The molecule has 0 unspecified atom stereocenters. The second kappa shape index (κ2) is 7.39. The average Bonchev–Trinajstić information content (AvgIpc) is 2.98. The highest BCUT2D eigenvalue weighted by Gasteiger charge is 2.49. The Morgan fingerprint density at radius 3 is 2.50 bits per heavy atom. The van der Waals surface area contributed by atoms with Crippen molar-refractivity contribution in [1.29, 1.82) is 0 Å². The summed E-state index contributed by atoms with van der Waals surface area (Å²) in [6.07, 6.45) is 0. The summed E-state index contributed by atoms with van der Waals surface area (Å²) in [7, 11) is -1.71. The predicted octanol–water partition coefficient (Wildman–Crippen LogP) is 2.36. The lowest BCUT2D eigenvalue weighted by atomic mass is 10.0. The number of nitrogens with zero attached hydrogens (tertiary/aromatic N) is 2. The van der Waals surface area contributed by atoms with Gasteiger partial charge in [0.05, 0.1) is 36.2 Å². The predicted molar refractivity (Wildman–Crippen MR) is 109 cm³/mol. The number of fused-ring (bicyclic) bond motifs is 1. The van der Waals surface area contributed by atoms with Crippen molar-refractivity contribution < 1.29 is 17.9 Å². The molecule has 0 bridgehead atoms. The van der Waals surface area contributed by atoms with Crippen LogP contribution in [0.15, 0.2) is 48.5 Å². The van der Waals surface area contributed by atoms with E-state index < -0.39 is 15.9 Å². The highest BCUT2D eigenvalue weighted by atomic mass is 35.5. The summed E-state index contributed by atoms with van der Waals surface area (Å²) >= 11 is 6.24. The molecule has 0 aliphatic carbocycles. The largest absolute Gasteiger partial charge is 0.495 e. The summed E-state index contributed by atoms with van der Waals surface area (Å²) in [5.74, 6) is 0.392. The molecule has 0 N–H and O–H groups in total. The molecule has 28 heavy (non-hydrogen) atoms. The molecule has 2 saturated heterocycles. The van der Waals surface area contributed by atoms with Crippen molar-refractivity contribution in [2.24, 2.45) is 0 Å².